The van der Waals surface area contributed by atoms with Crippen molar-refractivity contribution in [1.29, 1.82) is 0 Å². The van der Waals surface area contributed by atoms with E-state index in [4.69, 9.17) is 5.73 Å². The summed E-state index contributed by atoms with van der Waals surface area (Å²) >= 11 is 0. The van der Waals surface area contributed by atoms with Crippen LogP contribution in [0.25, 0.3) is 11.1 Å². The van der Waals surface area contributed by atoms with E-state index in [1.165, 1.54) is 11.1 Å². The van der Waals surface area contributed by atoms with Gasteiger partial charge in [-0.25, -0.2) is 0 Å². The van der Waals surface area contributed by atoms with Gasteiger partial charge in [0.2, 0.25) is 0 Å². The van der Waals surface area contributed by atoms with Gasteiger partial charge in [-0.3, -0.25) is 4.98 Å². The van der Waals surface area contributed by atoms with Crippen molar-refractivity contribution in [2.75, 3.05) is 6.54 Å². The highest BCUT2D eigenvalue weighted by atomic mass is 35.5. The van der Waals surface area contributed by atoms with Crippen molar-refractivity contribution in [3.05, 3.63) is 54.4 Å². The van der Waals surface area contributed by atoms with Crippen molar-refractivity contribution in [3.63, 3.8) is 0 Å². The zero-order chi connectivity index (χ0) is 10.5. The first-order chi connectivity index (χ1) is 7.40. The molecule has 0 aliphatic carbocycles. The molecule has 0 amide bonds. The molecule has 2 nitrogen and oxygen atoms in total. The first-order valence-electron chi connectivity index (χ1n) is 5.09. The number of nitrogens with two attached hydrogens (primary N) is 1. The lowest BCUT2D eigenvalue weighted by Crippen LogP contribution is -2.02. The average molecular weight is 271 g/mol. The van der Waals surface area contributed by atoms with E-state index in [0.717, 1.165) is 12.0 Å². The van der Waals surface area contributed by atoms with Crippen LogP contribution in [0.4, 0.5) is 0 Å². The summed E-state index contributed by atoms with van der Waals surface area (Å²) in [6.07, 6.45) is 4.59. The zero-order valence-electron chi connectivity index (χ0n) is 9.37. The predicted molar refractivity (Wildman–Crippen MR) is 76.9 cm³/mol. The minimum Gasteiger partial charge on any atom is -0.330 e. The quantitative estimate of drug-likeness (QED) is 0.931. The second-order valence-corrected chi connectivity index (χ2v) is 3.48. The normalized spacial score (nSPS) is 9.00. The van der Waals surface area contributed by atoms with Crippen molar-refractivity contribution in [1.82, 2.24) is 4.98 Å². The number of rotatable bonds is 3. The van der Waals surface area contributed by atoms with Crippen LogP contribution < -0.4 is 5.73 Å². The van der Waals surface area contributed by atoms with Gasteiger partial charge in [0.05, 0.1) is 0 Å². The fourth-order valence-corrected chi connectivity index (χ4v) is 1.56. The highest BCUT2D eigenvalue weighted by Gasteiger charge is 1.96. The molecule has 0 atom stereocenters. The van der Waals surface area contributed by atoms with Crippen LogP contribution in [-0.4, -0.2) is 11.5 Å². The Kier molecular flexibility index (Phi) is 7.55. The van der Waals surface area contributed by atoms with E-state index in [1.54, 1.807) is 6.20 Å². The van der Waals surface area contributed by atoms with E-state index >= 15 is 0 Å². The second-order valence-electron chi connectivity index (χ2n) is 3.48. The van der Waals surface area contributed by atoms with Crippen molar-refractivity contribution in [3.8, 4) is 11.1 Å². The first-order valence-corrected chi connectivity index (χ1v) is 5.09. The van der Waals surface area contributed by atoms with Gasteiger partial charge in [-0.05, 0) is 35.7 Å². The summed E-state index contributed by atoms with van der Waals surface area (Å²) in [6, 6.07) is 12.5. The summed E-state index contributed by atoms with van der Waals surface area (Å²) in [7, 11) is 0. The summed E-state index contributed by atoms with van der Waals surface area (Å²) in [5, 5.41) is 0. The van der Waals surface area contributed by atoms with Crippen LogP contribution in [-0.2, 0) is 6.42 Å². The Morgan fingerprint density at radius 2 is 1.65 bits per heavy atom. The third kappa shape index (κ3) is 4.35. The molecule has 0 fully saturated rings. The van der Waals surface area contributed by atoms with Gasteiger partial charge >= 0.3 is 0 Å². The van der Waals surface area contributed by atoms with Crippen LogP contribution in [0.3, 0.4) is 0 Å². The lowest BCUT2D eigenvalue weighted by Gasteiger charge is -2.02. The third-order valence-electron chi connectivity index (χ3n) is 2.38. The Bertz CT molecular complexity index is 415. The minimum atomic E-state index is 0. The molecule has 1 aromatic carbocycles. The molecule has 2 rings (SSSR count). The molecule has 0 saturated heterocycles. The Balaban J connectivity index is 0.00000128. The maximum Gasteiger partial charge on any atom is 0.0346 e. The molecule has 1 aromatic heterocycles. The number of nitrogens with zero attached hydrogens (tertiary/aromatic N) is 1. The molecule has 2 N–H and O–H groups in total. The van der Waals surface area contributed by atoms with Crippen molar-refractivity contribution in [2.24, 2.45) is 5.73 Å². The summed E-state index contributed by atoms with van der Waals surface area (Å²) in [4.78, 5) is 4.10. The minimum absolute atomic E-state index is 0. The molecule has 0 saturated carbocycles. The molecular weight excluding hydrogens is 255 g/mol. The van der Waals surface area contributed by atoms with Crippen LogP contribution in [0.1, 0.15) is 5.56 Å². The Labute approximate surface area is 114 Å². The van der Waals surface area contributed by atoms with Gasteiger partial charge in [-0.2, -0.15) is 0 Å². The van der Waals surface area contributed by atoms with Gasteiger partial charge in [0.25, 0.3) is 0 Å². The SMILES string of the molecule is Cl.Cl.NCCc1ccc(-c2cccnc2)cc1. The topological polar surface area (TPSA) is 38.9 Å². The molecule has 4 heteroatoms. The molecule has 0 spiro atoms. The van der Waals surface area contributed by atoms with Crippen LogP contribution in [0, 0.1) is 0 Å². The average Bonchev–Trinajstić information content (AvgIpc) is 2.32. The number of aromatic nitrogens is 1. The fourth-order valence-electron chi connectivity index (χ4n) is 1.56. The summed E-state index contributed by atoms with van der Waals surface area (Å²) in [5.41, 5.74) is 9.13. The third-order valence-corrected chi connectivity index (χ3v) is 2.38. The molecule has 92 valence electrons. The molecule has 0 radical (unpaired) electrons. The van der Waals surface area contributed by atoms with Gasteiger partial charge in [-0.1, -0.05) is 30.3 Å². The molecule has 2 aromatic rings. The predicted octanol–water partition coefficient (Wildman–Crippen LogP) is 3.09. The van der Waals surface area contributed by atoms with Gasteiger partial charge in [0.15, 0.2) is 0 Å². The Morgan fingerprint density at radius 1 is 0.941 bits per heavy atom. The standard InChI is InChI=1S/C13H14N2.2ClH/c14-8-7-11-3-5-12(6-4-11)13-2-1-9-15-10-13;;/h1-6,9-10H,7-8,14H2;2*1H. The molecule has 0 aliphatic rings. The Hall–Kier alpha value is -1.09. The summed E-state index contributed by atoms with van der Waals surface area (Å²) in [6.45, 7) is 0.701. The molecule has 0 aliphatic heterocycles. The maximum absolute atomic E-state index is 5.50. The Morgan fingerprint density at radius 3 is 2.18 bits per heavy atom. The molecule has 0 bridgehead atoms. The van der Waals surface area contributed by atoms with E-state index in [0.29, 0.717) is 6.54 Å². The zero-order valence-corrected chi connectivity index (χ0v) is 11.0. The summed E-state index contributed by atoms with van der Waals surface area (Å²) < 4.78 is 0. The van der Waals surface area contributed by atoms with E-state index in [1.807, 2.05) is 12.3 Å². The lowest BCUT2D eigenvalue weighted by molar-refractivity contribution is 0.969. The number of pyridine rings is 1. The van der Waals surface area contributed by atoms with Gasteiger partial charge in [0, 0.05) is 12.4 Å². The molecule has 17 heavy (non-hydrogen) atoms. The molecule has 1 heterocycles. The number of hydrogen-bond acceptors (Lipinski definition) is 2. The van der Waals surface area contributed by atoms with Gasteiger partial charge in [-0.15, -0.1) is 24.8 Å². The number of hydrogen-bond donors (Lipinski definition) is 1. The maximum atomic E-state index is 5.50. The van der Waals surface area contributed by atoms with Gasteiger partial charge in [0.1, 0.15) is 0 Å². The summed E-state index contributed by atoms with van der Waals surface area (Å²) in [5.74, 6) is 0. The highest BCUT2D eigenvalue weighted by Crippen LogP contribution is 2.18. The number of halogens is 2. The van der Waals surface area contributed by atoms with Crippen LogP contribution >= 0.6 is 24.8 Å². The van der Waals surface area contributed by atoms with Crippen LogP contribution in [0.5, 0.6) is 0 Å². The van der Waals surface area contributed by atoms with Crippen molar-refractivity contribution >= 4 is 24.8 Å². The van der Waals surface area contributed by atoms with E-state index in [-0.39, 0.29) is 24.8 Å². The van der Waals surface area contributed by atoms with Crippen molar-refractivity contribution in [2.45, 2.75) is 6.42 Å². The van der Waals surface area contributed by atoms with Gasteiger partial charge < -0.3 is 5.73 Å². The van der Waals surface area contributed by atoms with E-state index in [9.17, 15) is 0 Å². The van der Waals surface area contributed by atoms with Crippen molar-refractivity contribution < 1.29 is 0 Å². The smallest absolute Gasteiger partial charge is 0.0346 e. The lowest BCUT2D eigenvalue weighted by atomic mass is 10.0. The van der Waals surface area contributed by atoms with Crippen LogP contribution in [0.15, 0.2) is 48.8 Å². The van der Waals surface area contributed by atoms with E-state index in [2.05, 4.69) is 35.3 Å². The molecular formula is C13H16Cl2N2. The fraction of sp³-hybridized carbons (Fsp3) is 0.154. The van der Waals surface area contributed by atoms with E-state index < -0.39 is 0 Å². The first kappa shape index (κ1) is 15.9. The molecule has 0 unspecified atom stereocenters. The highest BCUT2D eigenvalue weighted by molar-refractivity contribution is 5.85. The number of benzene rings is 1. The van der Waals surface area contributed by atoms with Crippen LogP contribution in [0.2, 0.25) is 0 Å². The largest absolute Gasteiger partial charge is 0.330 e. The monoisotopic (exact) mass is 270 g/mol. The second kappa shape index (κ2) is 8.07.